The number of hydrogen-bond acceptors (Lipinski definition) is 1. The summed E-state index contributed by atoms with van der Waals surface area (Å²) in [5.41, 5.74) is 0. The van der Waals surface area contributed by atoms with Crippen molar-refractivity contribution in [2.24, 2.45) is 0 Å². The fourth-order valence-corrected chi connectivity index (χ4v) is 0.931. The fraction of sp³-hybridized carbons (Fsp3) is 0.636. The quantitative estimate of drug-likeness (QED) is 0.640. The molecule has 1 aliphatic carbocycles. The van der Waals surface area contributed by atoms with E-state index in [1.54, 1.807) is 0 Å². The van der Waals surface area contributed by atoms with E-state index in [1.807, 2.05) is 0 Å². The lowest BCUT2D eigenvalue weighted by molar-refractivity contribution is 0.283. The first-order chi connectivity index (χ1) is 5.91. The van der Waals surface area contributed by atoms with Crippen LogP contribution < -0.4 is 0 Å². The van der Waals surface area contributed by atoms with Crippen LogP contribution in [0.25, 0.3) is 0 Å². The van der Waals surface area contributed by atoms with Gasteiger partial charge in [-0.1, -0.05) is 50.5 Å². The van der Waals surface area contributed by atoms with Crippen LogP contribution in [0.2, 0.25) is 0 Å². The van der Waals surface area contributed by atoms with Gasteiger partial charge in [-0.25, -0.2) is 0 Å². The Labute approximate surface area is 75.8 Å². The highest BCUT2D eigenvalue weighted by molar-refractivity contribution is 5.11. The molecule has 1 N–H and O–H groups in total. The molecule has 1 aliphatic rings. The highest BCUT2D eigenvalue weighted by atomic mass is 16.2. The predicted octanol–water partition coefficient (Wildman–Crippen LogP) is 3.06. The van der Waals surface area contributed by atoms with E-state index in [0.29, 0.717) is 6.61 Å². The van der Waals surface area contributed by atoms with Crippen molar-refractivity contribution in [2.45, 2.75) is 39.0 Å². The first-order valence-corrected chi connectivity index (χ1v) is 4.84. The Kier molecular flexibility index (Phi) is 9.95. The minimum Gasteiger partial charge on any atom is -0.396 e. The van der Waals surface area contributed by atoms with Crippen molar-refractivity contribution in [1.29, 1.82) is 0 Å². The zero-order valence-electron chi connectivity index (χ0n) is 8.00. The average Bonchev–Trinajstić information content (AvgIpc) is 2.62. The van der Waals surface area contributed by atoms with Crippen LogP contribution in [-0.2, 0) is 0 Å². The zero-order valence-corrected chi connectivity index (χ0v) is 8.00. The summed E-state index contributed by atoms with van der Waals surface area (Å²) in [7, 11) is 0. The van der Waals surface area contributed by atoms with E-state index < -0.39 is 0 Å². The number of aliphatic hydroxyl groups is 1. The summed E-state index contributed by atoms with van der Waals surface area (Å²) in [4.78, 5) is 0. The first-order valence-electron chi connectivity index (χ1n) is 4.84. The number of unbranched alkanes of at least 4 members (excludes halogenated alkanes) is 3. The van der Waals surface area contributed by atoms with E-state index in [2.05, 4.69) is 31.2 Å². The van der Waals surface area contributed by atoms with Crippen molar-refractivity contribution in [3.05, 3.63) is 24.3 Å². The van der Waals surface area contributed by atoms with E-state index in [9.17, 15) is 0 Å². The first kappa shape index (κ1) is 11.4. The molecule has 12 heavy (non-hydrogen) atoms. The van der Waals surface area contributed by atoms with Crippen LogP contribution in [-0.4, -0.2) is 11.7 Å². The van der Waals surface area contributed by atoms with Crippen LogP contribution >= 0.6 is 0 Å². The minimum atomic E-state index is 0.361. The minimum absolute atomic E-state index is 0.361. The van der Waals surface area contributed by atoms with Gasteiger partial charge in [-0.2, -0.15) is 0 Å². The number of hydrogen-bond donors (Lipinski definition) is 1. The van der Waals surface area contributed by atoms with Crippen LogP contribution in [0.1, 0.15) is 39.0 Å². The molecule has 70 valence electrons. The van der Waals surface area contributed by atoms with Gasteiger partial charge in [-0.05, 0) is 12.8 Å². The Bertz CT molecular complexity index is 111. The van der Waals surface area contributed by atoms with Crippen molar-refractivity contribution in [3.63, 3.8) is 0 Å². The molecular weight excluding hydrogens is 148 g/mol. The predicted molar refractivity (Wildman–Crippen MR) is 54.1 cm³/mol. The summed E-state index contributed by atoms with van der Waals surface area (Å²) in [6.07, 6.45) is 14.2. The Morgan fingerprint density at radius 1 is 1.08 bits per heavy atom. The van der Waals surface area contributed by atoms with Crippen molar-refractivity contribution < 1.29 is 5.11 Å². The maximum Gasteiger partial charge on any atom is 0.0431 e. The number of rotatable bonds is 4. The monoisotopic (exact) mass is 168 g/mol. The standard InChI is InChI=1S/C6H14O.C5H6/c1-2-3-4-5-6-7;1-2-4-5-3-1/h7H,2-6H2,1H3;1-4H,5H2. The smallest absolute Gasteiger partial charge is 0.0431 e. The molecule has 0 amide bonds. The van der Waals surface area contributed by atoms with Gasteiger partial charge in [0.25, 0.3) is 0 Å². The summed E-state index contributed by atoms with van der Waals surface area (Å²) in [6.45, 7) is 2.53. The van der Waals surface area contributed by atoms with Crippen molar-refractivity contribution >= 4 is 0 Å². The third kappa shape index (κ3) is 9.44. The second-order valence-electron chi connectivity index (χ2n) is 2.88. The molecule has 0 radical (unpaired) electrons. The van der Waals surface area contributed by atoms with Crippen LogP contribution in [0, 0.1) is 0 Å². The SMILES string of the molecule is C1=CCC=C1.CCCCCCO. The van der Waals surface area contributed by atoms with Gasteiger partial charge >= 0.3 is 0 Å². The van der Waals surface area contributed by atoms with E-state index in [1.165, 1.54) is 19.3 Å². The molecule has 0 saturated carbocycles. The van der Waals surface area contributed by atoms with Crippen LogP contribution in [0.5, 0.6) is 0 Å². The third-order valence-corrected chi connectivity index (χ3v) is 1.67. The second-order valence-corrected chi connectivity index (χ2v) is 2.88. The molecule has 0 atom stereocenters. The van der Waals surface area contributed by atoms with Crippen LogP contribution in [0.15, 0.2) is 24.3 Å². The maximum absolute atomic E-state index is 8.29. The summed E-state index contributed by atoms with van der Waals surface area (Å²) < 4.78 is 0. The van der Waals surface area contributed by atoms with Gasteiger partial charge in [0.15, 0.2) is 0 Å². The van der Waals surface area contributed by atoms with Gasteiger partial charge < -0.3 is 5.11 Å². The molecule has 0 bridgehead atoms. The highest BCUT2D eigenvalue weighted by Crippen LogP contribution is 1.96. The molecule has 0 aromatic rings. The third-order valence-electron chi connectivity index (χ3n) is 1.67. The average molecular weight is 168 g/mol. The molecule has 0 aromatic heterocycles. The molecule has 0 heterocycles. The van der Waals surface area contributed by atoms with Gasteiger partial charge in [-0.3, -0.25) is 0 Å². The van der Waals surface area contributed by atoms with Gasteiger partial charge in [0.1, 0.15) is 0 Å². The normalized spacial score (nSPS) is 12.8. The van der Waals surface area contributed by atoms with Crippen LogP contribution in [0.3, 0.4) is 0 Å². The van der Waals surface area contributed by atoms with E-state index >= 15 is 0 Å². The van der Waals surface area contributed by atoms with E-state index in [4.69, 9.17) is 5.11 Å². The Morgan fingerprint density at radius 3 is 2.08 bits per heavy atom. The summed E-state index contributed by atoms with van der Waals surface area (Å²) >= 11 is 0. The Hall–Kier alpha value is -0.560. The van der Waals surface area contributed by atoms with Gasteiger partial charge in [-0.15, -0.1) is 0 Å². The summed E-state index contributed by atoms with van der Waals surface area (Å²) in [5, 5.41) is 8.29. The van der Waals surface area contributed by atoms with Gasteiger partial charge in [0.05, 0.1) is 0 Å². The number of aliphatic hydroxyl groups excluding tert-OH is 1. The number of allylic oxidation sites excluding steroid dienone is 4. The molecule has 0 aromatic carbocycles. The zero-order chi connectivity index (χ0) is 9.07. The lowest BCUT2D eigenvalue weighted by Gasteiger charge is -1.90. The fourth-order valence-electron chi connectivity index (χ4n) is 0.931. The molecule has 0 unspecified atom stereocenters. The molecule has 1 nitrogen and oxygen atoms in total. The lowest BCUT2D eigenvalue weighted by atomic mass is 10.2. The molecule has 1 rings (SSSR count). The summed E-state index contributed by atoms with van der Waals surface area (Å²) in [5.74, 6) is 0. The summed E-state index contributed by atoms with van der Waals surface area (Å²) in [6, 6.07) is 0. The Morgan fingerprint density at radius 2 is 1.75 bits per heavy atom. The molecular formula is C11H20O. The maximum atomic E-state index is 8.29. The highest BCUT2D eigenvalue weighted by Gasteiger charge is 1.80. The van der Waals surface area contributed by atoms with Crippen molar-refractivity contribution in [1.82, 2.24) is 0 Å². The molecule has 1 heteroatoms. The van der Waals surface area contributed by atoms with Crippen molar-refractivity contribution in [2.75, 3.05) is 6.61 Å². The second kappa shape index (κ2) is 10.4. The van der Waals surface area contributed by atoms with Gasteiger partial charge in [0, 0.05) is 6.61 Å². The Balaban J connectivity index is 0.000000211. The van der Waals surface area contributed by atoms with Gasteiger partial charge in [0.2, 0.25) is 0 Å². The topological polar surface area (TPSA) is 20.2 Å². The largest absolute Gasteiger partial charge is 0.396 e. The molecule has 0 fully saturated rings. The molecule has 0 spiro atoms. The molecule has 0 aliphatic heterocycles. The lowest BCUT2D eigenvalue weighted by Crippen LogP contribution is -1.80. The van der Waals surface area contributed by atoms with Crippen molar-refractivity contribution in [3.8, 4) is 0 Å². The van der Waals surface area contributed by atoms with E-state index in [-0.39, 0.29) is 0 Å². The molecule has 0 saturated heterocycles. The van der Waals surface area contributed by atoms with Crippen LogP contribution in [0.4, 0.5) is 0 Å². The van der Waals surface area contributed by atoms with E-state index in [0.717, 1.165) is 12.8 Å².